The number of aliphatic imine (C=N–C) groups is 1. The first-order valence-electron chi connectivity index (χ1n) is 10.1. The van der Waals surface area contributed by atoms with Crippen LogP contribution in [-0.2, 0) is 20.9 Å². The number of para-hydroxylation sites is 1. The molecule has 1 aliphatic carbocycles. The fraction of sp³-hybridized carbons (Fsp3) is 0.304. The number of ether oxygens (including phenoxy) is 1. The van der Waals surface area contributed by atoms with Crippen LogP contribution in [0.25, 0.3) is 0 Å². The molecule has 2 N–H and O–H groups in total. The van der Waals surface area contributed by atoms with E-state index in [2.05, 4.69) is 10.3 Å². The number of carboxylic acids is 1. The first kappa shape index (κ1) is 20.6. The first-order valence-corrected chi connectivity index (χ1v) is 10.1. The van der Waals surface area contributed by atoms with Crippen LogP contribution in [0.3, 0.4) is 0 Å². The van der Waals surface area contributed by atoms with Crippen LogP contribution in [-0.4, -0.2) is 41.5 Å². The number of alkyl carbamates (subject to hydrolysis) is 1. The van der Waals surface area contributed by atoms with E-state index in [1.807, 2.05) is 55.5 Å². The Bertz CT molecular complexity index is 1050. The number of amides is 2. The maximum Gasteiger partial charge on any atom is 0.409 e. The van der Waals surface area contributed by atoms with Crippen LogP contribution in [0.15, 0.2) is 53.5 Å². The second-order valence-electron chi connectivity index (χ2n) is 7.69. The number of nitrogens with one attached hydrogen (secondary N) is 1. The summed E-state index contributed by atoms with van der Waals surface area (Å²) in [6, 6.07) is 14.7. The van der Waals surface area contributed by atoms with Crippen molar-refractivity contribution in [3.05, 3.63) is 65.2 Å². The molecule has 4 rings (SSSR count). The lowest BCUT2D eigenvalue weighted by atomic mass is 10.00. The molecule has 1 aliphatic heterocycles. The third kappa shape index (κ3) is 4.58. The van der Waals surface area contributed by atoms with E-state index in [1.165, 1.54) is 4.90 Å². The lowest BCUT2D eigenvalue weighted by molar-refractivity contribution is -0.136. The lowest BCUT2D eigenvalue weighted by Crippen LogP contribution is -2.49. The van der Waals surface area contributed by atoms with Crippen molar-refractivity contribution < 1.29 is 24.2 Å². The number of anilines is 1. The topological polar surface area (TPSA) is 108 Å². The minimum atomic E-state index is -1.26. The Morgan fingerprint density at radius 1 is 1.16 bits per heavy atom. The number of fused-ring (bicyclic) bond motifs is 1. The van der Waals surface area contributed by atoms with E-state index in [9.17, 15) is 19.5 Å². The average Bonchev–Trinajstić information content (AvgIpc) is 3.59. The molecule has 2 aromatic rings. The van der Waals surface area contributed by atoms with Crippen LogP contribution < -0.4 is 10.2 Å². The van der Waals surface area contributed by atoms with Gasteiger partial charge in [-0.2, -0.15) is 0 Å². The molecule has 0 spiro atoms. The minimum absolute atomic E-state index is 0.0466. The number of carbonyl (C=O) groups excluding carboxylic acids is 2. The Kier molecular flexibility index (Phi) is 5.70. The van der Waals surface area contributed by atoms with Crippen LogP contribution >= 0.6 is 0 Å². The zero-order valence-electron chi connectivity index (χ0n) is 17.1. The number of carboxylic acid groups (broad SMARTS) is 1. The van der Waals surface area contributed by atoms with E-state index in [1.54, 1.807) is 0 Å². The highest BCUT2D eigenvalue weighted by molar-refractivity contribution is 6.16. The molecule has 0 bridgehead atoms. The van der Waals surface area contributed by atoms with Crippen molar-refractivity contribution in [3.63, 3.8) is 0 Å². The predicted molar refractivity (Wildman–Crippen MR) is 114 cm³/mol. The SMILES string of the molecule is Cc1cccc2c1N(CC(=O)O)C(=O)[C@@H](NC(=O)OCc1ccccc1)N=C2C1CC1. The van der Waals surface area contributed by atoms with Gasteiger partial charge in [-0.25, -0.2) is 4.79 Å². The quantitative estimate of drug-likeness (QED) is 0.746. The number of rotatable bonds is 6. The normalized spacial score (nSPS) is 18.0. The zero-order valence-corrected chi connectivity index (χ0v) is 17.1. The van der Waals surface area contributed by atoms with Gasteiger partial charge in [0.1, 0.15) is 13.2 Å². The van der Waals surface area contributed by atoms with Gasteiger partial charge in [-0.1, -0.05) is 48.5 Å². The van der Waals surface area contributed by atoms with E-state index < -0.39 is 30.7 Å². The molecule has 0 aromatic heterocycles. The van der Waals surface area contributed by atoms with Crippen LogP contribution in [0.4, 0.5) is 10.5 Å². The van der Waals surface area contributed by atoms with Crippen molar-refractivity contribution in [2.45, 2.75) is 32.5 Å². The number of benzene rings is 2. The monoisotopic (exact) mass is 421 g/mol. The molecule has 1 fully saturated rings. The third-order valence-electron chi connectivity index (χ3n) is 5.28. The Morgan fingerprint density at radius 2 is 1.90 bits per heavy atom. The summed E-state index contributed by atoms with van der Waals surface area (Å²) in [6.45, 7) is 1.35. The number of aliphatic carboxylic acids is 1. The van der Waals surface area contributed by atoms with E-state index in [0.717, 1.165) is 29.5 Å². The molecule has 2 aliphatic rings. The smallest absolute Gasteiger partial charge is 0.409 e. The van der Waals surface area contributed by atoms with Gasteiger partial charge in [0.05, 0.1) is 11.4 Å². The molecular formula is C23H23N3O5. The highest BCUT2D eigenvalue weighted by Crippen LogP contribution is 2.39. The molecule has 0 unspecified atom stereocenters. The highest BCUT2D eigenvalue weighted by Gasteiger charge is 2.39. The average molecular weight is 421 g/mol. The van der Waals surface area contributed by atoms with Crippen molar-refractivity contribution in [2.24, 2.45) is 10.9 Å². The second-order valence-corrected chi connectivity index (χ2v) is 7.69. The Balaban J connectivity index is 1.62. The zero-order chi connectivity index (χ0) is 22.0. The van der Waals surface area contributed by atoms with Gasteiger partial charge >= 0.3 is 12.1 Å². The molecule has 2 amide bonds. The maximum absolute atomic E-state index is 13.3. The molecule has 1 atom stereocenters. The van der Waals surface area contributed by atoms with Gasteiger partial charge < -0.3 is 9.84 Å². The van der Waals surface area contributed by atoms with Gasteiger partial charge in [0.15, 0.2) is 0 Å². The molecule has 0 radical (unpaired) electrons. The summed E-state index contributed by atoms with van der Waals surface area (Å²) in [5.41, 5.74) is 3.56. The van der Waals surface area contributed by atoms with E-state index >= 15 is 0 Å². The largest absolute Gasteiger partial charge is 0.480 e. The molecule has 8 nitrogen and oxygen atoms in total. The maximum atomic E-state index is 13.3. The summed E-state index contributed by atoms with van der Waals surface area (Å²) in [5, 5.41) is 11.9. The summed E-state index contributed by atoms with van der Waals surface area (Å²) in [7, 11) is 0. The van der Waals surface area contributed by atoms with E-state index in [-0.39, 0.29) is 12.5 Å². The van der Waals surface area contributed by atoms with Gasteiger partial charge in [-0.3, -0.25) is 24.8 Å². The summed E-state index contributed by atoms with van der Waals surface area (Å²) >= 11 is 0. The predicted octanol–water partition coefficient (Wildman–Crippen LogP) is 2.88. The molecule has 0 saturated heterocycles. The van der Waals surface area contributed by atoms with Gasteiger partial charge in [0.2, 0.25) is 6.17 Å². The van der Waals surface area contributed by atoms with Crippen LogP contribution in [0.5, 0.6) is 0 Å². The number of aryl methyl sites for hydroxylation is 1. The standard InChI is InChI=1S/C23H23N3O5/c1-14-6-5-9-17-19(16-10-11-16)24-21(22(29)26(20(14)17)12-18(27)28)25-23(30)31-13-15-7-3-2-4-8-15/h2-9,16,21H,10-13H2,1H3,(H,25,30)(H,27,28)/t21-/m1/s1. The summed E-state index contributed by atoms with van der Waals surface area (Å²) in [5.74, 6) is -1.57. The fourth-order valence-corrected chi connectivity index (χ4v) is 3.69. The highest BCUT2D eigenvalue weighted by atomic mass is 16.5. The lowest BCUT2D eigenvalue weighted by Gasteiger charge is -2.25. The molecule has 1 heterocycles. The van der Waals surface area contributed by atoms with E-state index in [0.29, 0.717) is 11.4 Å². The molecule has 160 valence electrons. The Morgan fingerprint density at radius 3 is 2.58 bits per heavy atom. The van der Waals surface area contributed by atoms with Crippen molar-refractivity contribution >= 4 is 29.4 Å². The molecule has 2 aromatic carbocycles. The molecule has 8 heteroatoms. The number of hydrogen-bond donors (Lipinski definition) is 2. The number of benzodiazepines with no additional fused rings is 1. The van der Waals surface area contributed by atoms with E-state index in [4.69, 9.17) is 4.74 Å². The van der Waals surface area contributed by atoms with Crippen LogP contribution in [0, 0.1) is 12.8 Å². The van der Waals surface area contributed by atoms with Gasteiger partial charge in [0, 0.05) is 11.5 Å². The number of hydrogen-bond acceptors (Lipinski definition) is 5. The van der Waals surface area contributed by atoms with Crippen LogP contribution in [0.2, 0.25) is 0 Å². The summed E-state index contributed by atoms with van der Waals surface area (Å²) in [6.07, 6.45) is -0.182. The van der Waals surface area contributed by atoms with Crippen LogP contribution in [0.1, 0.15) is 29.5 Å². The van der Waals surface area contributed by atoms with Crippen molar-refractivity contribution in [1.82, 2.24) is 5.32 Å². The van der Waals surface area contributed by atoms with Crippen molar-refractivity contribution in [3.8, 4) is 0 Å². The van der Waals surface area contributed by atoms with Gasteiger partial charge in [-0.15, -0.1) is 0 Å². The van der Waals surface area contributed by atoms with Gasteiger partial charge in [-0.05, 0) is 30.9 Å². The molecule has 31 heavy (non-hydrogen) atoms. The minimum Gasteiger partial charge on any atom is -0.480 e. The van der Waals surface area contributed by atoms with Crippen molar-refractivity contribution in [2.75, 3.05) is 11.4 Å². The van der Waals surface area contributed by atoms with Crippen molar-refractivity contribution in [1.29, 1.82) is 0 Å². The third-order valence-corrected chi connectivity index (χ3v) is 5.28. The summed E-state index contributed by atoms with van der Waals surface area (Å²) < 4.78 is 5.24. The molecule has 1 saturated carbocycles. The Labute approximate surface area is 179 Å². The number of nitrogens with zero attached hydrogens (tertiary/aromatic N) is 2. The first-order chi connectivity index (χ1) is 14.9. The van der Waals surface area contributed by atoms with Gasteiger partial charge in [0.25, 0.3) is 5.91 Å². The second kappa shape index (κ2) is 8.59. The number of carbonyl (C=O) groups is 3. The fourth-order valence-electron chi connectivity index (χ4n) is 3.69. The summed E-state index contributed by atoms with van der Waals surface area (Å²) in [4.78, 5) is 43.0. The molecular weight excluding hydrogens is 398 g/mol. The Hall–Kier alpha value is -3.68.